The van der Waals surface area contributed by atoms with Gasteiger partial charge in [-0.15, -0.1) is 0 Å². The molecule has 146 valence electrons. The van der Waals surface area contributed by atoms with E-state index >= 15 is 0 Å². The van der Waals surface area contributed by atoms with Crippen molar-refractivity contribution in [1.82, 2.24) is 15.0 Å². The van der Waals surface area contributed by atoms with E-state index in [1.807, 2.05) is 30.0 Å². The molecule has 2 aromatic heterocycles. The number of aromatic nitrogens is 3. The lowest BCUT2D eigenvalue weighted by molar-refractivity contribution is 0.0989. The zero-order valence-electron chi connectivity index (χ0n) is 16.5. The average molecular weight is 385 g/mol. The normalized spacial score (nSPS) is 15.0. The first-order valence-electron chi connectivity index (χ1n) is 10.2. The third-order valence-corrected chi connectivity index (χ3v) is 5.69. The number of nitrogens with zero attached hydrogens (tertiary/aromatic N) is 4. The molecular formula is C23H23N5O. The van der Waals surface area contributed by atoms with Crippen LogP contribution < -0.4 is 10.2 Å². The predicted octanol–water partition coefficient (Wildman–Crippen LogP) is 4.01. The van der Waals surface area contributed by atoms with E-state index in [0.29, 0.717) is 12.1 Å². The molecule has 0 saturated heterocycles. The molecule has 0 atom stereocenters. The van der Waals surface area contributed by atoms with Gasteiger partial charge in [-0.25, -0.2) is 9.97 Å². The zero-order chi connectivity index (χ0) is 19.8. The van der Waals surface area contributed by atoms with Crippen molar-refractivity contribution in [1.29, 1.82) is 0 Å². The second-order valence-electron chi connectivity index (χ2n) is 7.67. The summed E-state index contributed by atoms with van der Waals surface area (Å²) in [5.74, 6) is 1.73. The van der Waals surface area contributed by atoms with Gasteiger partial charge in [0, 0.05) is 41.6 Å². The van der Waals surface area contributed by atoms with E-state index in [4.69, 9.17) is 0 Å². The Kier molecular flexibility index (Phi) is 4.46. The number of hydrogen-bond acceptors (Lipinski definition) is 5. The van der Waals surface area contributed by atoms with E-state index in [2.05, 4.69) is 26.3 Å². The summed E-state index contributed by atoms with van der Waals surface area (Å²) in [4.78, 5) is 28.0. The summed E-state index contributed by atoms with van der Waals surface area (Å²) in [7, 11) is 0. The first-order chi connectivity index (χ1) is 14.2. The largest absolute Gasteiger partial charge is 0.340 e. The standard InChI is InChI=1S/C23H23N5O/c1-15-25-20-7-3-2-6-19(20)22(26-15)27-18-8-9-21-16(13-18)10-12-28(21)23(29)17-5-4-11-24-14-17/h4-5,8-9,11,13-14H,2-3,6-7,10,12H2,1H3,(H,25,26,27). The molecule has 0 saturated carbocycles. The third kappa shape index (κ3) is 3.35. The van der Waals surface area contributed by atoms with Crippen molar-refractivity contribution in [2.45, 2.75) is 39.0 Å². The molecule has 0 radical (unpaired) electrons. The number of amides is 1. The van der Waals surface area contributed by atoms with Gasteiger partial charge in [-0.2, -0.15) is 0 Å². The summed E-state index contributed by atoms with van der Waals surface area (Å²) in [5.41, 5.74) is 6.20. The second-order valence-corrected chi connectivity index (χ2v) is 7.67. The minimum absolute atomic E-state index is 0.00180. The van der Waals surface area contributed by atoms with Crippen molar-refractivity contribution in [3.8, 4) is 0 Å². The number of anilines is 3. The number of benzene rings is 1. The Morgan fingerprint density at radius 1 is 1.10 bits per heavy atom. The van der Waals surface area contributed by atoms with E-state index in [-0.39, 0.29) is 5.91 Å². The Balaban J connectivity index is 1.42. The summed E-state index contributed by atoms with van der Waals surface area (Å²) in [6, 6.07) is 9.80. The highest BCUT2D eigenvalue weighted by molar-refractivity contribution is 6.07. The lowest BCUT2D eigenvalue weighted by Crippen LogP contribution is -2.28. The fraction of sp³-hybridized carbons (Fsp3) is 0.304. The van der Waals surface area contributed by atoms with Crippen LogP contribution in [0.2, 0.25) is 0 Å². The molecular weight excluding hydrogens is 362 g/mol. The van der Waals surface area contributed by atoms with Crippen molar-refractivity contribution in [2.75, 3.05) is 16.8 Å². The van der Waals surface area contributed by atoms with Crippen molar-refractivity contribution in [3.05, 3.63) is 70.9 Å². The van der Waals surface area contributed by atoms with Gasteiger partial charge in [0.15, 0.2) is 0 Å². The molecule has 3 heterocycles. The van der Waals surface area contributed by atoms with Crippen LogP contribution in [0.15, 0.2) is 42.7 Å². The summed E-state index contributed by atoms with van der Waals surface area (Å²) < 4.78 is 0. The maximum absolute atomic E-state index is 12.8. The predicted molar refractivity (Wildman–Crippen MR) is 113 cm³/mol. The third-order valence-electron chi connectivity index (χ3n) is 5.69. The van der Waals surface area contributed by atoms with Crippen LogP contribution in [0.3, 0.4) is 0 Å². The minimum atomic E-state index is -0.00180. The lowest BCUT2D eigenvalue weighted by atomic mass is 9.96. The van der Waals surface area contributed by atoms with Crippen LogP contribution in [0, 0.1) is 6.92 Å². The highest BCUT2D eigenvalue weighted by Crippen LogP contribution is 2.33. The number of rotatable bonds is 3. The monoisotopic (exact) mass is 385 g/mol. The molecule has 1 N–H and O–H groups in total. The summed E-state index contributed by atoms with van der Waals surface area (Å²) in [6.07, 6.45) is 8.58. The molecule has 1 amide bonds. The Bertz CT molecular complexity index is 1080. The molecule has 2 aliphatic rings. The Hall–Kier alpha value is -3.28. The SMILES string of the molecule is Cc1nc2c(c(Nc3ccc4c(c3)CCN4C(=O)c3cccnc3)n1)CCCC2. The van der Waals surface area contributed by atoms with E-state index < -0.39 is 0 Å². The number of carbonyl (C=O) groups excluding carboxylic acids is 1. The molecule has 1 aliphatic carbocycles. The van der Waals surface area contributed by atoms with Crippen LogP contribution in [-0.2, 0) is 19.3 Å². The number of carbonyl (C=O) groups is 1. The first kappa shape index (κ1) is 17.8. The number of pyridine rings is 1. The van der Waals surface area contributed by atoms with Crippen LogP contribution in [-0.4, -0.2) is 27.4 Å². The number of nitrogens with one attached hydrogen (secondary N) is 1. The van der Waals surface area contributed by atoms with Gasteiger partial charge in [-0.05, 0) is 74.9 Å². The van der Waals surface area contributed by atoms with Crippen molar-refractivity contribution >= 4 is 23.1 Å². The molecule has 3 aromatic rings. The Labute approximate surface area is 170 Å². The Morgan fingerprint density at radius 2 is 2.00 bits per heavy atom. The van der Waals surface area contributed by atoms with Crippen LogP contribution in [0.1, 0.15) is 45.8 Å². The van der Waals surface area contributed by atoms with Crippen molar-refractivity contribution < 1.29 is 4.79 Å². The van der Waals surface area contributed by atoms with Crippen LogP contribution in [0.25, 0.3) is 0 Å². The van der Waals surface area contributed by atoms with Gasteiger partial charge in [0.05, 0.1) is 5.56 Å². The van der Waals surface area contributed by atoms with Crippen molar-refractivity contribution in [3.63, 3.8) is 0 Å². The van der Waals surface area contributed by atoms with E-state index in [1.165, 1.54) is 29.7 Å². The molecule has 0 fully saturated rings. The van der Waals surface area contributed by atoms with Gasteiger partial charge in [-0.1, -0.05) is 0 Å². The fourth-order valence-corrected chi connectivity index (χ4v) is 4.29. The van der Waals surface area contributed by atoms with E-state index in [0.717, 1.165) is 42.3 Å². The summed E-state index contributed by atoms with van der Waals surface area (Å²) in [5, 5.41) is 3.51. The Morgan fingerprint density at radius 3 is 2.86 bits per heavy atom. The van der Waals surface area contributed by atoms with Crippen molar-refractivity contribution in [2.24, 2.45) is 0 Å². The van der Waals surface area contributed by atoms with Gasteiger partial charge in [0.1, 0.15) is 11.6 Å². The van der Waals surface area contributed by atoms with Crippen LogP contribution in [0.5, 0.6) is 0 Å². The zero-order valence-corrected chi connectivity index (χ0v) is 16.5. The molecule has 0 spiro atoms. The highest BCUT2D eigenvalue weighted by Gasteiger charge is 2.26. The fourth-order valence-electron chi connectivity index (χ4n) is 4.29. The maximum Gasteiger partial charge on any atom is 0.259 e. The van der Waals surface area contributed by atoms with Gasteiger partial charge >= 0.3 is 0 Å². The second kappa shape index (κ2) is 7.28. The van der Waals surface area contributed by atoms with Gasteiger partial charge in [0.25, 0.3) is 5.91 Å². The van der Waals surface area contributed by atoms with E-state index in [9.17, 15) is 4.79 Å². The molecule has 0 unspecified atom stereocenters. The lowest BCUT2D eigenvalue weighted by Gasteiger charge is -2.20. The number of hydrogen-bond donors (Lipinski definition) is 1. The maximum atomic E-state index is 12.8. The first-order valence-corrected chi connectivity index (χ1v) is 10.2. The molecule has 6 nitrogen and oxygen atoms in total. The summed E-state index contributed by atoms with van der Waals surface area (Å²) in [6.45, 7) is 2.64. The summed E-state index contributed by atoms with van der Waals surface area (Å²) >= 11 is 0. The van der Waals surface area contributed by atoms with Crippen LogP contribution >= 0.6 is 0 Å². The quantitative estimate of drug-likeness (QED) is 0.738. The van der Waals surface area contributed by atoms with Gasteiger partial charge < -0.3 is 10.2 Å². The molecule has 6 heteroatoms. The van der Waals surface area contributed by atoms with Gasteiger partial charge in [0.2, 0.25) is 0 Å². The molecule has 1 aromatic carbocycles. The average Bonchev–Trinajstić information content (AvgIpc) is 3.17. The molecule has 29 heavy (non-hydrogen) atoms. The molecule has 1 aliphatic heterocycles. The number of fused-ring (bicyclic) bond motifs is 2. The number of aryl methyl sites for hydroxylation is 2. The topological polar surface area (TPSA) is 71.0 Å². The van der Waals surface area contributed by atoms with Crippen LogP contribution in [0.4, 0.5) is 17.2 Å². The van der Waals surface area contributed by atoms with Gasteiger partial charge in [-0.3, -0.25) is 9.78 Å². The smallest absolute Gasteiger partial charge is 0.259 e. The van der Waals surface area contributed by atoms with E-state index in [1.54, 1.807) is 18.5 Å². The molecule has 0 bridgehead atoms. The highest BCUT2D eigenvalue weighted by atomic mass is 16.2. The minimum Gasteiger partial charge on any atom is -0.340 e. The molecule has 5 rings (SSSR count).